The smallest absolute Gasteiger partial charge is 0.181 e. The van der Waals surface area contributed by atoms with E-state index >= 15 is 0 Å². The number of rotatable bonds is 7. The number of thiocarbonyl (C=S) groups is 1. The molecule has 3 aromatic rings. The molecule has 146 valence electrons. The summed E-state index contributed by atoms with van der Waals surface area (Å²) in [5.41, 5.74) is 2.62. The van der Waals surface area contributed by atoms with E-state index in [1.807, 2.05) is 36.4 Å². The van der Waals surface area contributed by atoms with Gasteiger partial charge in [-0.15, -0.1) is 0 Å². The molecule has 2 N–H and O–H groups in total. The van der Waals surface area contributed by atoms with Gasteiger partial charge < -0.3 is 29.3 Å². The summed E-state index contributed by atoms with van der Waals surface area (Å²) in [6.07, 6.45) is 3.02. The Kier molecular flexibility index (Phi) is 6.33. The zero-order valence-electron chi connectivity index (χ0n) is 15.8. The molecule has 2 aromatic carbocycles. The predicted octanol–water partition coefficient (Wildman–Crippen LogP) is 3.85. The summed E-state index contributed by atoms with van der Waals surface area (Å²) in [7, 11) is 4.82. The molecule has 0 radical (unpaired) electrons. The van der Waals surface area contributed by atoms with Crippen molar-refractivity contribution in [3.63, 3.8) is 0 Å². The molecule has 0 unspecified atom stereocenters. The first kappa shape index (κ1) is 19.5. The molecular weight excluding hydrogens is 378 g/mol. The van der Waals surface area contributed by atoms with Gasteiger partial charge in [-0.25, -0.2) is 4.98 Å². The van der Waals surface area contributed by atoms with Crippen molar-refractivity contribution in [3.05, 3.63) is 54.6 Å². The number of nitrogens with zero attached hydrogens (tertiary/aromatic N) is 1. The van der Waals surface area contributed by atoms with Crippen molar-refractivity contribution in [2.24, 2.45) is 0 Å². The summed E-state index contributed by atoms with van der Waals surface area (Å²) in [6, 6.07) is 11.3. The zero-order valence-corrected chi connectivity index (χ0v) is 16.6. The SMILES string of the molecule is COc1ccc(CNC(=S)Nc2ccc(-c3cnco3)c(OC)c2)cc1OC. The van der Waals surface area contributed by atoms with E-state index in [-0.39, 0.29) is 0 Å². The third-order valence-corrected chi connectivity index (χ3v) is 4.30. The highest BCUT2D eigenvalue weighted by Gasteiger charge is 2.11. The minimum absolute atomic E-state index is 0.490. The molecule has 3 rings (SSSR count). The summed E-state index contributed by atoms with van der Waals surface area (Å²) in [6.45, 7) is 0.541. The lowest BCUT2D eigenvalue weighted by atomic mass is 10.1. The summed E-state index contributed by atoms with van der Waals surface area (Å²) in [5.74, 6) is 2.65. The Bertz CT molecular complexity index is 945. The molecule has 0 bridgehead atoms. The van der Waals surface area contributed by atoms with E-state index in [1.54, 1.807) is 27.5 Å². The maximum Gasteiger partial charge on any atom is 0.181 e. The van der Waals surface area contributed by atoms with Crippen molar-refractivity contribution in [1.29, 1.82) is 0 Å². The van der Waals surface area contributed by atoms with Crippen LogP contribution in [-0.2, 0) is 6.54 Å². The highest BCUT2D eigenvalue weighted by molar-refractivity contribution is 7.80. The maximum atomic E-state index is 5.45. The summed E-state index contributed by atoms with van der Waals surface area (Å²) < 4.78 is 21.4. The second-order valence-corrected chi connectivity index (χ2v) is 6.19. The van der Waals surface area contributed by atoms with E-state index < -0.39 is 0 Å². The van der Waals surface area contributed by atoms with Gasteiger partial charge >= 0.3 is 0 Å². The lowest BCUT2D eigenvalue weighted by molar-refractivity contribution is 0.354. The number of oxazole rings is 1. The fraction of sp³-hybridized carbons (Fsp3) is 0.200. The molecule has 0 fully saturated rings. The van der Waals surface area contributed by atoms with Crippen LogP contribution in [0.3, 0.4) is 0 Å². The summed E-state index contributed by atoms with van der Waals surface area (Å²) >= 11 is 5.39. The fourth-order valence-corrected chi connectivity index (χ4v) is 2.86. The third-order valence-electron chi connectivity index (χ3n) is 4.06. The van der Waals surface area contributed by atoms with E-state index in [2.05, 4.69) is 15.6 Å². The van der Waals surface area contributed by atoms with E-state index in [9.17, 15) is 0 Å². The van der Waals surface area contributed by atoms with Crippen molar-refractivity contribution < 1.29 is 18.6 Å². The molecule has 8 heteroatoms. The molecule has 28 heavy (non-hydrogen) atoms. The van der Waals surface area contributed by atoms with Crippen molar-refractivity contribution in [2.75, 3.05) is 26.6 Å². The van der Waals surface area contributed by atoms with Gasteiger partial charge in [0, 0.05) is 18.3 Å². The Hall–Kier alpha value is -3.26. The molecule has 0 saturated carbocycles. The quantitative estimate of drug-likeness (QED) is 0.580. The number of anilines is 1. The number of ether oxygens (including phenoxy) is 3. The van der Waals surface area contributed by atoms with Gasteiger partial charge in [0.2, 0.25) is 0 Å². The van der Waals surface area contributed by atoms with Crippen LogP contribution in [0.15, 0.2) is 53.4 Å². The van der Waals surface area contributed by atoms with Crippen LogP contribution in [-0.4, -0.2) is 31.4 Å². The molecule has 0 spiro atoms. The fourth-order valence-electron chi connectivity index (χ4n) is 2.67. The van der Waals surface area contributed by atoms with Crippen LogP contribution in [0.25, 0.3) is 11.3 Å². The van der Waals surface area contributed by atoms with E-state index in [4.69, 9.17) is 30.8 Å². The monoisotopic (exact) mass is 399 g/mol. The minimum Gasteiger partial charge on any atom is -0.496 e. The Morgan fingerprint density at radius 1 is 1.00 bits per heavy atom. The molecule has 0 aliphatic heterocycles. The van der Waals surface area contributed by atoms with Crippen LogP contribution in [0.1, 0.15) is 5.56 Å². The molecule has 7 nitrogen and oxygen atoms in total. The normalized spacial score (nSPS) is 10.2. The maximum absolute atomic E-state index is 5.45. The van der Waals surface area contributed by atoms with Gasteiger partial charge in [-0.2, -0.15) is 0 Å². The highest BCUT2D eigenvalue weighted by atomic mass is 32.1. The molecular formula is C20H21N3O4S. The van der Waals surface area contributed by atoms with Crippen LogP contribution < -0.4 is 24.8 Å². The van der Waals surface area contributed by atoms with Gasteiger partial charge in [-0.1, -0.05) is 6.07 Å². The average molecular weight is 399 g/mol. The average Bonchev–Trinajstić information content (AvgIpc) is 3.26. The Labute approximate surface area is 168 Å². The number of hydrogen-bond acceptors (Lipinski definition) is 6. The number of nitrogens with one attached hydrogen (secondary N) is 2. The lowest BCUT2D eigenvalue weighted by Gasteiger charge is -2.14. The molecule has 1 aromatic heterocycles. The summed E-state index contributed by atoms with van der Waals surface area (Å²) in [4.78, 5) is 3.94. The van der Waals surface area contributed by atoms with Gasteiger partial charge in [0.25, 0.3) is 0 Å². The van der Waals surface area contributed by atoms with Gasteiger partial charge in [0.1, 0.15) is 5.75 Å². The van der Waals surface area contributed by atoms with Crippen molar-refractivity contribution in [3.8, 4) is 28.6 Å². The molecule has 0 amide bonds. The second kappa shape index (κ2) is 9.09. The Morgan fingerprint density at radius 2 is 1.79 bits per heavy atom. The first-order chi connectivity index (χ1) is 13.6. The Morgan fingerprint density at radius 3 is 2.46 bits per heavy atom. The van der Waals surface area contributed by atoms with Crippen LogP contribution in [0.5, 0.6) is 17.2 Å². The highest BCUT2D eigenvalue weighted by Crippen LogP contribution is 2.32. The molecule has 0 aliphatic rings. The van der Waals surface area contributed by atoms with Gasteiger partial charge in [0.05, 0.1) is 33.1 Å². The molecule has 0 atom stereocenters. The first-order valence-corrected chi connectivity index (χ1v) is 8.88. The van der Waals surface area contributed by atoms with Crippen molar-refractivity contribution in [2.45, 2.75) is 6.54 Å². The molecule has 0 saturated heterocycles. The minimum atomic E-state index is 0.490. The van der Waals surface area contributed by atoms with E-state index in [1.165, 1.54) is 6.39 Å². The van der Waals surface area contributed by atoms with Crippen molar-refractivity contribution in [1.82, 2.24) is 10.3 Å². The van der Waals surface area contributed by atoms with Crippen LogP contribution in [0.4, 0.5) is 5.69 Å². The van der Waals surface area contributed by atoms with Crippen LogP contribution >= 0.6 is 12.2 Å². The number of methoxy groups -OCH3 is 3. The van der Waals surface area contributed by atoms with E-state index in [0.29, 0.717) is 34.7 Å². The summed E-state index contributed by atoms with van der Waals surface area (Å²) in [5, 5.41) is 6.81. The Balaban J connectivity index is 1.63. The van der Waals surface area contributed by atoms with Crippen LogP contribution in [0.2, 0.25) is 0 Å². The van der Waals surface area contributed by atoms with E-state index in [0.717, 1.165) is 16.8 Å². The number of aromatic nitrogens is 1. The number of hydrogen-bond donors (Lipinski definition) is 2. The second-order valence-electron chi connectivity index (χ2n) is 5.78. The largest absolute Gasteiger partial charge is 0.496 e. The standard InChI is InChI=1S/C20H21N3O4S/c1-24-16-7-4-13(8-18(16)26-3)10-22-20(28)23-14-5-6-15(17(9-14)25-2)19-11-21-12-27-19/h4-9,11-12H,10H2,1-3H3,(H2,22,23,28). The van der Waals surface area contributed by atoms with Crippen molar-refractivity contribution >= 4 is 23.0 Å². The van der Waals surface area contributed by atoms with Gasteiger partial charge in [0.15, 0.2) is 28.8 Å². The zero-order chi connectivity index (χ0) is 19.9. The first-order valence-electron chi connectivity index (χ1n) is 8.47. The van der Waals surface area contributed by atoms with Crippen LogP contribution in [0, 0.1) is 0 Å². The topological polar surface area (TPSA) is 77.8 Å². The predicted molar refractivity (Wildman–Crippen MR) is 111 cm³/mol. The van der Waals surface area contributed by atoms with Gasteiger partial charge in [-0.3, -0.25) is 0 Å². The third kappa shape index (κ3) is 4.52. The molecule has 1 heterocycles. The number of benzene rings is 2. The van der Waals surface area contributed by atoms with Gasteiger partial charge in [-0.05, 0) is 42.0 Å². The lowest BCUT2D eigenvalue weighted by Crippen LogP contribution is -2.27. The molecule has 0 aliphatic carbocycles.